The molecule has 0 saturated carbocycles. The van der Waals surface area contributed by atoms with Crippen LogP contribution in [0.3, 0.4) is 0 Å². The fraction of sp³-hybridized carbons (Fsp3) is 0.455. The van der Waals surface area contributed by atoms with E-state index >= 15 is 0 Å². The van der Waals surface area contributed by atoms with E-state index < -0.39 is 59.6 Å². The Kier molecular flexibility index (Phi) is 7.55. The predicted octanol–water partition coefficient (Wildman–Crippen LogP) is 0.968. The Morgan fingerprint density at radius 3 is 2.70 bits per heavy atom. The summed E-state index contributed by atoms with van der Waals surface area (Å²) in [7, 11) is -14.3. The molecule has 3 rings (SSSR count). The number of hydrogen-bond donors (Lipinski definition) is 5. The molecule has 1 saturated heterocycles. The van der Waals surface area contributed by atoms with Gasteiger partial charge < -0.3 is 20.5 Å². The van der Waals surface area contributed by atoms with Gasteiger partial charge in [-0.3, -0.25) is 19.6 Å². The smallest absolute Gasteiger partial charge is 0.390 e. The Morgan fingerprint density at radius 1 is 1.36 bits per heavy atom. The highest BCUT2D eigenvalue weighted by Crippen LogP contribution is 2.63. The Hall–Kier alpha value is -1.98. The molecule has 0 spiro atoms. The molecule has 33 heavy (non-hydrogen) atoms. The van der Waals surface area contributed by atoms with E-state index in [1.807, 2.05) is 0 Å². The molecule has 22 heteroatoms. The molecule has 1 fully saturated rings. The number of nitro groups is 1. The van der Waals surface area contributed by atoms with Crippen LogP contribution in [0.5, 0.6) is 0 Å². The number of rotatable bonds is 10. The highest BCUT2D eigenvalue weighted by atomic mass is 31.3. The monoisotopic (exact) mass is 534 g/mol. The number of anilines is 1. The van der Waals surface area contributed by atoms with Crippen LogP contribution in [0.1, 0.15) is 12.6 Å². The van der Waals surface area contributed by atoms with Crippen LogP contribution < -0.4 is 5.73 Å². The molecule has 182 valence electrons. The number of aliphatic hydroxyl groups is 1. The Balaban J connectivity index is 1.67. The van der Waals surface area contributed by atoms with Gasteiger partial charge in [0.05, 0.1) is 17.2 Å². The molecule has 0 bridgehead atoms. The molecule has 0 aromatic carbocycles. The third-order valence-electron chi connectivity index (χ3n) is 4.15. The number of hydrogen-bond acceptors (Lipinski definition) is 15. The minimum atomic E-state index is -5.47. The van der Waals surface area contributed by atoms with Crippen LogP contribution in [0.15, 0.2) is 12.5 Å². The molecule has 3 unspecified atom stereocenters. The van der Waals surface area contributed by atoms with Gasteiger partial charge in [0.1, 0.15) is 36.5 Å². The quantitative estimate of drug-likeness (QED) is 0.123. The van der Waals surface area contributed by atoms with Crippen molar-refractivity contribution in [3.63, 3.8) is 0 Å². The van der Waals surface area contributed by atoms with Gasteiger partial charge >= 0.3 is 23.9 Å². The summed E-state index contributed by atoms with van der Waals surface area (Å²) in [5.41, 5.74) is 5.36. The van der Waals surface area contributed by atoms with E-state index in [0.29, 0.717) is 0 Å². The van der Waals surface area contributed by atoms with Gasteiger partial charge in [0, 0.05) is 11.0 Å². The lowest BCUT2D eigenvalue weighted by Crippen LogP contribution is -2.25. The zero-order valence-corrected chi connectivity index (χ0v) is 18.6. The average Bonchev–Trinajstić information content (AvgIpc) is 3.26. The van der Waals surface area contributed by atoms with E-state index in [1.165, 1.54) is 4.57 Å². The Bertz CT molecular complexity index is 1170. The van der Waals surface area contributed by atoms with Crippen LogP contribution in [-0.2, 0) is 36.3 Å². The van der Waals surface area contributed by atoms with Gasteiger partial charge in [-0.15, -0.1) is 9.20 Å². The highest BCUT2D eigenvalue weighted by molar-refractivity contribution is 7.64. The fourth-order valence-corrected chi connectivity index (χ4v) is 5.57. The number of nitrogens with zero attached hydrogens (tertiary/aromatic N) is 4. The Morgan fingerprint density at radius 2 is 2.06 bits per heavy atom. The summed E-state index contributed by atoms with van der Waals surface area (Å²) in [6.07, 6.45) is -1.36. The Labute approximate surface area is 182 Å². The van der Waals surface area contributed by atoms with Crippen LogP contribution in [0.2, 0.25) is 0 Å². The molecule has 2 aromatic heterocycles. The summed E-state index contributed by atoms with van der Waals surface area (Å²) >= 11 is 0. The standard InChI is InChI=1S/C11H14N5O14P3/c12-10-9-5(16(18)19)2-15(11(9)14-4-13-10)8-1-6(17)7(27-8)3-26-31(21)29-33(24,25)30-32(22,23)28-20/h2,4,6-8,17H,1,3H2,(H4-,12,13,14,20,22,23,24,25)/p+1/t6-,7+,8+/m0/s1. The van der Waals surface area contributed by atoms with Gasteiger partial charge in [-0.25, -0.2) is 24.4 Å². The SMILES string of the molecule is Nc1ncnc2c1c([N+](=O)[O-])cn2[C@H]1C[C@H](O)[C@@H](CO[P+](=O)OP(=O)(O)OP(=O)(O)OO)O1. The third-order valence-corrected chi connectivity index (χ3v) is 7.73. The van der Waals surface area contributed by atoms with Gasteiger partial charge in [0.15, 0.2) is 5.65 Å². The van der Waals surface area contributed by atoms with Crippen molar-refractivity contribution in [1.82, 2.24) is 14.5 Å². The summed E-state index contributed by atoms with van der Waals surface area (Å²) in [4.78, 5) is 36.3. The van der Waals surface area contributed by atoms with Gasteiger partial charge in [-0.2, -0.15) is 4.31 Å². The van der Waals surface area contributed by atoms with Crippen molar-refractivity contribution in [1.29, 1.82) is 0 Å². The number of nitrogen functional groups attached to an aromatic ring is 1. The van der Waals surface area contributed by atoms with Gasteiger partial charge in [-0.1, -0.05) is 0 Å². The molecule has 1 aliphatic heterocycles. The van der Waals surface area contributed by atoms with Crippen LogP contribution in [0.25, 0.3) is 11.0 Å². The lowest BCUT2D eigenvalue weighted by molar-refractivity contribution is -0.383. The van der Waals surface area contributed by atoms with Crippen LogP contribution >= 0.6 is 23.9 Å². The van der Waals surface area contributed by atoms with E-state index in [0.717, 1.165) is 12.5 Å². The maximum absolute atomic E-state index is 11.7. The second-order valence-corrected chi connectivity index (χ2v) is 10.3. The summed E-state index contributed by atoms with van der Waals surface area (Å²) in [5, 5.41) is 29.6. The molecule has 0 aliphatic carbocycles. The summed E-state index contributed by atoms with van der Waals surface area (Å²) < 4.78 is 56.1. The normalized spacial score (nSPS) is 25.0. The average molecular weight is 534 g/mol. The number of aliphatic hydroxyl groups excluding tert-OH is 1. The van der Waals surface area contributed by atoms with Gasteiger partial charge in [0.2, 0.25) is 0 Å². The predicted molar refractivity (Wildman–Crippen MR) is 102 cm³/mol. The lowest BCUT2D eigenvalue weighted by atomic mass is 10.2. The molecule has 19 nitrogen and oxygen atoms in total. The minimum Gasteiger partial charge on any atom is -0.390 e. The van der Waals surface area contributed by atoms with Crippen LogP contribution in [0.4, 0.5) is 11.5 Å². The maximum Gasteiger partial charge on any atom is 0.708 e. The first kappa shape index (κ1) is 25.6. The van der Waals surface area contributed by atoms with Crippen molar-refractivity contribution < 1.29 is 61.3 Å². The molecule has 3 heterocycles. The number of phosphoric acid groups is 2. The number of ether oxygens (including phenoxy) is 1. The van der Waals surface area contributed by atoms with Crippen molar-refractivity contribution in [3.05, 3.63) is 22.6 Å². The number of nitrogens with two attached hydrogens (primary N) is 1. The van der Waals surface area contributed by atoms with Gasteiger partial charge in [0.25, 0.3) is 5.69 Å². The summed E-state index contributed by atoms with van der Waals surface area (Å²) in [6.45, 7) is -0.668. The first-order valence-electron chi connectivity index (χ1n) is 8.42. The summed E-state index contributed by atoms with van der Waals surface area (Å²) in [5.74, 6) is -0.146. The fourth-order valence-electron chi connectivity index (χ4n) is 2.88. The third kappa shape index (κ3) is 5.93. The van der Waals surface area contributed by atoms with Gasteiger partial charge in [-0.05, 0) is 4.31 Å². The van der Waals surface area contributed by atoms with Crippen molar-refractivity contribution in [2.24, 2.45) is 0 Å². The summed E-state index contributed by atoms with van der Waals surface area (Å²) in [6, 6.07) is 0. The van der Waals surface area contributed by atoms with Crippen molar-refractivity contribution in [2.75, 3.05) is 12.3 Å². The molecule has 6 atom stereocenters. The molecule has 1 aliphatic rings. The topological polar surface area (TPSA) is 278 Å². The van der Waals surface area contributed by atoms with E-state index in [2.05, 4.69) is 27.8 Å². The zero-order valence-electron chi connectivity index (χ0n) is 15.9. The van der Waals surface area contributed by atoms with Crippen molar-refractivity contribution >= 4 is 46.4 Å². The number of aromatic nitrogens is 3. The minimum absolute atomic E-state index is 0.0384. The molecule has 0 amide bonds. The second-order valence-electron chi connectivity index (χ2n) is 6.27. The molecule has 2 aromatic rings. The lowest BCUT2D eigenvalue weighted by Gasteiger charge is -2.14. The zero-order chi connectivity index (χ0) is 24.6. The van der Waals surface area contributed by atoms with Crippen LogP contribution in [-0.4, -0.2) is 58.4 Å². The molecule has 6 N–H and O–H groups in total. The van der Waals surface area contributed by atoms with E-state index in [-0.39, 0.29) is 23.3 Å². The first-order valence-corrected chi connectivity index (χ1v) is 12.5. The van der Waals surface area contributed by atoms with Crippen LogP contribution in [0, 0.1) is 10.1 Å². The largest absolute Gasteiger partial charge is 0.708 e. The van der Waals surface area contributed by atoms with Crippen molar-refractivity contribution in [2.45, 2.75) is 24.9 Å². The van der Waals surface area contributed by atoms with E-state index in [4.69, 9.17) is 20.6 Å². The van der Waals surface area contributed by atoms with E-state index in [9.17, 15) is 33.8 Å². The first-order chi connectivity index (χ1) is 15.3. The number of fused-ring (bicyclic) bond motifs is 1. The molecular formula is C11H15N5O14P3+. The molecular weight excluding hydrogens is 519 g/mol. The van der Waals surface area contributed by atoms with E-state index in [1.54, 1.807) is 0 Å². The maximum atomic E-state index is 11.7. The van der Waals surface area contributed by atoms with Crippen molar-refractivity contribution in [3.8, 4) is 0 Å². The highest BCUT2D eigenvalue weighted by Gasteiger charge is 2.46. The second kappa shape index (κ2) is 9.71. The molecule has 0 radical (unpaired) electrons.